The van der Waals surface area contributed by atoms with Gasteiger partial charge in [0.05, 0.1) is 12.7 Å². The number of ether oxygens (including phenoxy) is 1. The van der Waals surface area contributed by atoms with Gasteiger partial charge in [-0.3, -0.25) is 4.90 Å². The zero-order chi connectivity index (χ0) is 21.8. The molecule has 1 saturated heterocycles. The maximum atomic E-state index is 12.5. The second kappa shape index (κ2) is 10.3. The predicted molar refractivity (Wildman–Crippen MR) is 131 cm³/mol. The zero-order valence-electron chi connectivity index (χ0n) is 17.8. The number of methoxy groups -OCH3 is 1. The number of esters is 1. The molecule has 5 nitrogen and oxygen atoms in total. The number of nitrogens with zero attached hydrogens (tertiary/aromatic N) is 2. The molecule has 31 heavy (non-hydrogen) atoms. The van der Waals surface area contributed by atoms with E-state index in [0.717, 1.165) is 67.6 Å². The lowest BCUT2D eigenvalue weighted by atomic mass is 10.1. The molecule has 2 aliphatic rings. The third kappa shape index (κ3) is 5.40. The van der Waals surface area contributed by atoms with Crippen LogP contribution in [0.25, 0.3) is 0 Å². The normalized spacial score (nSPS) is 17.0. The van der Waals surface area contributed by atoms with Crippen LogP contribution in [0.1, 0.15) is 45.6 Å². The number of thiophene rings is 1. The van der Waals surface area contributed by atoms with Gasteiger partial charge >= 0.3 is 5.97 Å². The van der Waals surface area contributed by atoms with Crippen LogP contribution in [0.2, 0.25) is 5.02 Å². The summed E-state index contributed by atoms with van der Waals surface area (Å²) in [5.41, 5.74) is 3.07. The Morgan fingerprint density at radius 2 is 1.97 bits per heavy atom. The first-order valence-electron chi connectivity index (χ1n) is 10.8. The van der Waals surface area contributed by atoms with Crippen LogP contribution < -0.4 is 5.32 Å². The van der Waals surface area contributed by atoms with Gasteiger partial charge in [-0.25, -0.2) is 4.79 Å². The number of carbonyl (C=O) groups excluding carboxylic acids is 1. The molecule has 0 amide bonds. The first-order chi connectivity index (χ1) is 15.0. The van der Waals surface area contributed by atoms with Crippen molar-refractivity contribution < 1.29 is 9.53 Å². The molecule has 2 heterocycles. The average molecular weight is 478 g/mol. The molecule has 1 aromatic heterocycles. The summed E-state index contributed by atoms with van der Waals surface area (Å²) in [4.78, 5) is 18.5. The van der Waals surface area contributed by atoms with Gasteiger partial charge in [0, 0.05) is 42.6 Å². The van der Waals surface area contributed by atoms with Crippen LogP contribution in [-0.2, 0) is 24.1 Å². The van der Waals surface area contributed by atoms with Gasteiger partial charge in [-0.2, -0.15) is 0 Å². The standard InChI is InChI=1S/C23H28ClN3O2S2/c1-29-22(28)20-18-8-3-2-4-9-19(18)31-21(20)25-23(30)27-12-10-26(11-13-27)15-16-6-5-7-17(24)14-16/h5-7,14H,2-4,8-13,15H2,1H3,(H,25,30). The Kier molecular flexibility index (Phi) is 7.48. The van der Waals surface area contributed by atoms with E-state index in [9.17, 15) is 4.79 Å². The summed E-state index contributed by atoms with van der Waals surface area (Å²) in [6.07, 6.45) is 5.47. The van der Waals surface area contributed by atoms with Gasteiger partial charge in [-0.15, -0.1) is 11.3 Å². The van der Waals surface area contributed by atoms with E-state index in [-0.39, 0.29) is 5.97 Å². The predicted octanol–water partition coefficient (Wildman–Crippen LogP) is 4.97. The van der Waals surface area contributed by atoms with Crippen LogP contribution in [0.3, 0.4) is 0 Å². The zero-order valence-corrected chi connectivity index (χ0v) is 20.2. The molecule has 0 bridgehead atoms. The van der Waals surface area contributed by atoms with Crippen LogP contribution in [0.5, 0.6) is 0 Å². The number of benzene rings is 1. The molecule has 0 atom stereocenters. The minimum absolute atomic E-state index is 0.268. The maximum Gasteiger partial charge on any atom is 0.341 e. The molecule has 1 aliphatic carbocycles. The lowest BCUT2D eigenvalue weighted by Gasteiger charge is -2.36. The minimum atomic E-state index is -0.268. The Morgan fingerprint density at radius 1 is 1.19 bits per heavy atom. The number of hydrogen-bond acceptors (Lipinski definition) is 5. The molecule has 0 radical (unpaired) electrons. The van der Waals surface area contributed by atoms with Crippen LogP contribution >= 0.6 is 35.2 Å². The van der Waals surface area contributed by atoms with E-state index in [1.54, 1.807) is 11.3 Å². The van der Waals surface area contributed by atoms with Gasteiger partial charge in [0.2, 0.25) is 0 Å². The summed E-state index contributed by atoms with van der Waals surface area (Å²) < 4.78 is 5.10. The fourth-order valence-electron chi connectivity index (χ4n) is 4.33. The second-order valence-electron chi connectivity index (χ2n) is 8.08. The van der Waals surface area contributed by atoms with Gasteiger partial charge in [0.15, 0.2) is 5.11 Å². The number of carbonyl (C=O) groups is 1. The van der Waals surface area contributed by atoms with E-state index in [2.05, 4.69) is 21.2 Å². The molecule has 166 valence electrons. The SMILES string of the molecule is COC(=O)c1c(NC(=S)N2CCN(Cc3cccc(Cl)c3)CC2)sc2c1CCCCC2. The number of hydrogen-bond donors (Lipinski definition) is 1. The molecule has 1 N–H and O–H groups in total. The lowest BCUT2D eigenvalue weighted by molar-refractivity contribution is 0.0601. The molecule has 1 aliphatic heterocycles. The van der Waals surface area contributed by atoms with Crippen LogP contribution in [0.15, 0.2) is 24.3 Å². The Bertz CT molecular complexity index is 954. The smallest absolute Gasteiger partial charge is 0.341 e. The Hall–Kier alpha value is -1.67. The highest BCUT2D eigenvalue weighted by atomic mass is 35.5. The molecule has 8 heteroatoms. The third-order valence-corrected chi connectivity index (χ3v) is 7.79. The van der Waals surface area contributed by atoms with Crippen LogP contribution in [-0.4, -0.2) is 54.2 Å². The summed E-state index contributed by atoms with van der Waals surface area (Å²) in [6.45, 7) is 4.45. The van der Waals surface area contributed by atoms with E-state index in [4.69, 9.17) is 28.6 Å². The van der Waals surface area contributed by atoms with Crippen molar-refractivity contribution in [2.75, 3.05) is 38.6 Å². The number of halogens is 1. The molecule has 2 aromatic rings. The topological polar surface area (TPSA) is 44.8 Å². The minimum Gasteiger partial charge on any atom is -0.465 e. The van der Waals surface area contributed by atoms with E-state index in [1.165, 1.54) is 30.4 Å². The molecule has 0 unspecified atom stereocenters. The second-order valence-corrected chi connectivity index (χ2v) is 10.0. The van der Waals surface area contributed by atoms with E-state index in [0.29, 0.717) is 10.7 Å². The Morgan fingerprint density at radius 3 is 2.71 bits per heavy atom. The van der Waals surface area contributed by atoms with Gasteiger partial charge in [0.25, 0.3) is 0 Å². The van der Waals surface area contributed by atoms with Gasteiger partial charge in [-0.05, 0) is 61.2 Å². The first-order valence-corrected chi connectivity index (χ1v) is 12.4. The summed E-state index contributed by atoms with van der Waals surface area (Å²) in [6, 6.07) is 8.03. The molecular formula is C23H28ClN3O2S2. The molecular weight excluding hydrogens is 450 g/mol. The number of nitrogens with one attached hydrogen (secondary N) is 1. The largest absolute Gasteiger partial charge is 0.465 e. The van der Waals surface area contributed by atoms with Gasteiger partial charge < -0.3 is 15.0 Å². The average Bonchev–Trinajstić information content (AvgIpc) is 2.94. The number of rotatable bonds is 4. The quantitative estimate of drug-likeness (QED) is 0.381. The van der Waals surface area contributed by atoms with E-state index in [1.807, 2.05) is 18.2 Å². The number of piperazine rings is 1. The highest BCUT2D eigenvalue weighted by molar-refractivity contribution is 7.80. The number of fused-ring (bicyclic) bond motifs is 1. The van der Waals surface area contributed by atoms with Crippen molar-refractivity contribution in [2.45, 2.75) is 38.6 Å². The van der Waals surface area contributed by atoms with Crippen molar-refractivity contribution in [1.29, 1.82) is 0 Å². The number of anilines is 1. The van der Waals surface area contributed by atoms with E-state index < -0.39 is 0 Å². The van der Waals surface area contributed by atoms with Crippen molar-refractivity contribution in [3.8, 4) is 0 Å². The van der Waals surface area contributed by atoms with Gasteiger partial charge in [-0.1, -0.05) is 30.2 Å². The summed E-state index contributed by atoms with van der Waals surface area (Å²) in [5, 5.41) is 5.68. The van der Waals surface area contributed by atoms with E-state index >= 15 is 0 Å². The van der Waals surface area contributed by atoms with Crippen LogP contribution in [0.4, 0.5) is 5.00 Å². The summed E-state index contributed by atoms with van der Waals surface area (Å²) in [5.74, 6) is -0.268. The third-order valence-electron chi connectivity index (χ3n) is 5.99. The number of thiocarbonyl (C=S) groups is 1. The lowest BCUT2D eigenvalue weighted by Crippen LogP contribution is -2.49. The molecule has 1 fully saturated rings. The van der Waals surface area contributed by atoms with Gasteiger partial charge in [0.1, 0.15) is 5.00 Å². The van der Waals surface area contributed by atoms with Crippen molar-refractivity contribution >= 4 is 51.2 Å². The highest BCUT2D eigenvalue weighted by Crippen LogP contribution is 2.38. The number of aryl methyl sites for hydroxylation is 1. The van der Waals surface area contributed by atoms with Crippen molar-refractivity contribution in [3.63, 3.8) is 0 Å². The molecule has 1 aromatic carbocycles. The highest BCUT2D eigenvalue weighted by Gasteiger charge is 2.27. The van der Waals surface area contributed by atoms with Crippen molar-refractivity contribution in [2.24, 2.45) is 0 Å². The van der Waals surface area contributed by atoms with Crippen molar-refractivity contribution in [1.82, 2.24) is 9.80 Å². The molecule has 0 spiro atoms. The fraction of sp³-hybridized carbons (Fsp3) is 0.478. The molecule has 0 saturated carbocycles. The van der Waals surface area contributed by atoms with Crippen molar-refractivity contribution in [3.05, 3.63) is 50.9 Å². The van der Waals surface area contributed by atoms with Crippen LogP contribution in [0, 0.1) is 0 Å². The molecule has 4 rings (SSSR count). The summed E-state index contributed by atoms with van der Waals surface area (Å²) >= 11 is 13.5. The Labute approximate surface area is 198 Å². The fourth-order valence-corrected chi connectivity index (χ4v) is 6.17. The monoisotopic (exact) mass is 477 g/mol. The summed E-state index contributed by atoms with van der Waals surface area (Å²) in [7, 11) is 1.45. The first kappa shape index (κ1) is 22.5. The maximum absolute atomic E-state index is 12.5. The Balaban J connectivity index is 1.39.